The maximum atomic E-state index is 6.12. The molecule has 2 nitrogen and oxygen atoms in total. The molecule has 0 fully saturated rings. The fourth-order valence-electron chi connectivity index (χ4n) is 2.04. The summed E-state index contributed by atoms with van der Waals surface area (Å²) in [5.74, 6) is 1.28. The maximum Gasteiger partial charge on any atom is 0.135 e. The summed E-state index contributed by atoms with van der Waals surface area (Å²) in [6, 6.07) is 3.76. The molecule has 0 bridgehead atoms. The lowest BCUT2D eigenvalue weighted by Crippen LogP contribution is -2.31. The van der Waals surface area contributed by atoms with Crippen LogP contribution < -0.4 is 0 Å². The van der Waals surface area contributed by atoms with Crippen LogP contribution in [0.1, 0.15) is 33.3 Å². The molecule has 0 aliphatic rings. The monoisotopic (exact) mass is 288 g/mol. The second-order valence-electron chi connectivity index (χ2n) is 5.57. The Morgan fingerprint density at radius 2 is 1.61 bits per heavy atom. The second-order valence-corrected chi connectivity index (χ2v) is 6.31. The molecular formula is C14H22Cl2N2. The average Bonchev–Trinajstić information content (AvgIpc) is 2.20. The van der Waals surface area contributed by atoms with Crippen molar-refractivity contribution in [2.75, 3.05) is 13.1 Å². The van der Waals surface area contributed by atoms with Gasteiger partial charge in [0.25, 0.3) is 0 Å². The normalized spacial score (nSPS) is 11.8. The van der Waals surface area contributed by atoms with Gasteiger partial charge in [-0.1, -0.05) is 57.0 Å². The zero-order valence-electron chi connectivity index (χ0n) is 11.6. The van der Waals surface area contributed by atoms with Crippen molar-refractivity contribution in [1.29, 1.82) is 0 Å². The fourth-order valence-corrected chi connectivity index (χ4v) is 2.44. The van der Waals surface area contributed by atoms with Crippen molar-refractivity contribution in [2.24, 2.45) is 11.8 Å². The summed E-state index contributed by atoms with van der Waals surface area (Å²) >= 11 is 11.9. The summed E-state index contributed by atoms with van der Waals surface area (Å²) in [6.07, 6.45) is 0. The first-order valence-corrected chi connectivity index (χ1v) is 7.17. The minimum Gasteiger partial charge on any atom is -0.298 e. The predicted octanol–water partition coefficient (Wildman–Crippen LogP) is 4.50. The number of nitrogens with zero attached hydrogens (tertiary/aromatic N) is 2. The van der Waals surface area contributed by atoms with E-state index in [9.17, 15) is 0 Å². The van der Waals surface area contributed by atoms with Crippen LogP contribution in [0.3, 0.4) is 0 Å². The Morgan fingerprint density at radius 3 is 2.06 bits per heavy atom. The molecule has 0 atom stereocenters. The first-order valence-electron chi connectivity index (χ1n) is 6.41. The van der Waals surface area contributed by atoms with Gasteiger partial charge in [-0.3, -0.25) is 4.90 Å². The highest BCUT2D eigenvalue weighted by Crippen LogP contribution is 2.19. The number of pyridine rings is 1. The zero-order valence-corrected chi connectivity index (χ0v) is 13.1. The molecule has 0 aliphatic carbocycles. The molecule has 0 radical (unpaired) electrons. The Balaban J connectivity index is 2.75. The van der Waals surface area contributed by atoms with E-state index in [4.69, 9.17) is 23.2 Å². The van der Waals surface area contributed by atoms with Gasteiger partial charge in [-0.2, -0.15) is 0 Å². The second kappa shape index (κ2) is 7.32. The quantitative estimate of drug-likeness (QED) is 0.717. The number of halogens is 2. The van der Waals surface area contributed by atoms with E-state index in [0.29, 0.717) is 22.1 Å². The topological polar surface area (TPSA) is 16.1 Å². The highest BCUT2D eigenvalue weighted by molar-refractivity contribution is 6.32. The van der Waals surface area contributed by atoms with Crippen molar-refractivity contribution in [2.45, 2.75) is 34.2 Å². The summed E-state index contributed by atoms with van der Waals surface area (Å²) in [6.45, 7) is 11.9. The van der Waals surface area contributed by atoms with Crippen LogP contribution in [0.15, 0.2) is 12.1 Å². The zero-order chi connectivity index (χ0) is 13.7. The van der Waals surface area contributed by atoms with Gasteiger partial charge in [0.1, 0.15) is 10.3 Å². The molecule has 0 aromatic carbocycles. The summed E-state index contributed by atoms with van der Waals surface area (Å²) < 4.78 is 0. The summed E-state index contributed by atoms with van der Waals surface area (Å²) in [7, 11) is 0. The minimum absolute atomic E-state index is 0.447. The van der Waals surface area contributed by atoms with E-state index in [1.165, 1.54) is 0 Å². The number of aromatic nitrogens is 1. The molecule has 1 aromatic rings. The molecule has 0 aliphatic heterocycles. The van der Waals surface area contributed by atoms with Crippen LogP contribution in [0.2, 0.25) is 10.3 Å². The Kier molecular flexibility index (Phi) is 6.40. The van der Waals surface area contributed by atoms with Crippen molar-refractivity contribution >= 4 is 23.2 Å². The average molecular weight is 289 g/mol. The first kappa shape index (κ1) is 15.7. The van der Waals surface area contributed by atoms with Gasteiger partial charge < -0.3 is 0 Å². The molecule has 0 saturated heterocycles. The van der Waals surface area contributed by atoms with Crippen LogP contribution in [0.5, 0.6) is 0 Å². The Bertz CT molecular complexity index is 368. The van der Waals surface area contributed by atoms with Crippen LogP contribution in [-0.2, 0) is 6.54 Å². The largest absolute Gasteiger partial charge is 0.298 e. The van der Waals surface area contributed by atoms with Crippen LogP contribution in [0.25, 0.3) is 0 Å². The highest BCUT2D eigenvalue weighted by Gasteiger charge is 2.12. The molecular weight excluding hydrogens is 267 g/mol. The van der Waals surface area contributed by atoms with Gasteiger partial charge in [-0.15, -0.1) is 0 Å². The Labute approximate surface area is 120 Å². The molecule has 4 heteroatoms. The van der Waals surface area contributed by atoms with E-state index in [2.05, 4.69) is 37.6 Å². The molecule has 0 N–H and O–H groups in total. The molecule has 102 valence electrons. The van der Waals surface area contributed by atoms with Crippen molar-refractivity contribution < 1.29 is 0 Å². The number of hydrogen-bond acceptors (Lipinski definition) is 2. The molecule has 0 amide bonds. The van der Waals surface area contributed by atoms with Crippen LogP contribution in [-0.4, -0.2) is 23.0 Å². The van der Waals surface area contributed by atoms with Gasteiger partial charge in [0, 0.05) is 25.2 Å². The van der Waals surface area contributed by atoms with Gasteiger partial charge in [0.15, 0.2) is 0 Å². The van der Waals surface area contributed by atoms with Crippen molar-refractivity contribution in [1.82, 2.24) is 9.88 Å². The number of rotatable bonds is 6. The van der Waals surface area contributed by atoms with Crippen molar-refractivity contribution in [3.8, 4) is 0 Å². The fraction of sp³-hybridized carbons (Fsp3) is 0.643. The lowest BCUT2D eigenvalue weighted by molar-refractivity contribution is 0.211. The molecule has 1 aromatic heterocycles. The smallest absolute Gasteiger partial charge is 0.135 e. The van der Waals surface area contributed by atoms with Crippen molar-refractivity contribution in [3.05, 3.63) is 28.0 Å². The SMILES string of the molecule is CC(C)CN(Cc1ccc(Cl)nc1Cl)CC(C)C. The van der Waals surface area contributed by atoms with Gasteiger partial charge in [0.2, 0.25) is 0 Å². The third kappa shape index (κ3) is 5.55. The molecule has 0 saturated carbocycles. The van der Waals surface area contributed by atoms with Gasteiger partial charge in [-0.25, -0.2) is 4.98 Å². The Hall–Kier alpha value is -0.310. The van der Waals surface area contributed by atoms with Gasteiger partial charge >= 0.3 is 0 Å². The highest BCUT2D eigenvalue weighted by atomic mass is 35.5. The molecule has 1 heterocycles. The lowest BCUT2D eigenvalue weighted by Gasteiger charge is -2.26. The lowest BCUT2D eigenvalue weighted by atomic mass is 10.1. The van der Waals surface area contributed by atoms with E-state index in [1.807, 2.05) is 6.07 Å². The minimum atomic E-state index is 0.447. The molecule has 0 unspecified atom stereocenters. The van der Waals surface area contributed by atoms with Crippen LogP contribution in [0, 0.1) is 11.8 Å². The van der Waals surface area contributed by atoms with E-state index in [1.54, 1.807) is 6.07 Å². The maximum absolute atomic E-state index is 6.12. The third-order valence-corrected chi connectivity index (χ3v) is 3.07. The van der Waals surface area contributed by atoms with Crippen LogP contribution in [0.4, 0.5) is 0 Å². The Morgan fingerprint density at radius 1 is 1.06 bits per heavy atom. The van der Waals surface area contributed by atoms with E-state index in [-0.39, 0.29) is 0 Å². The predicted molar refractivity (Wildman–Crippen MR) is 79.2 cm³/mol. The van der Waals surface area contributed by atoms with Gasteiger partial charge in [0.05, 0.1) is 0 Å². The summed E-state index contributed by atoms with van der Waals surface area (Å²) in [5.41, 5.74) is 1.04. The van der Waals surface area contributed by atoms with Crippen LogP contribution >= 0.6 is 23.2 Å². The van der Waals surface area contributed by atoms with Gasteiger partial charge in [-0.05, 0) is 17.9 Å². The molecule has 0 spiro atoms. The third-order valence-electron chi connectivity index (χ3n) is 2.53. The van der Waals surface area contributed by atoms with E-state index < -0.39 is 0 Å². The summed E-state index contributed by atoms with van der Waals surface area (Å²) in [4.78, 5) is 6.51. The first-order chi connectivity index (χ1) is 8.38. The van der Waals surface area contributed by atoms with E-state index in [0.717, 1.165) is 25.2 Å². The number of hydrogen-bond donors (Lipinski definition) is 0. The molecule has 18 heavy (non-hydrogen) atoms. The summed E-state index contributed by atoms with van der Waals surface area (Å²) in [5, 5.41) is 0.961. The van der Waals surface area contributed by atoms with E-state index >= 15 is 0 Å². The standard InChI is InChI=1S/C14H22Cl2N2/c1-10(2)7-18(8-11(3)4)9-12-5-6-13(15)17-14(12)16/h5-6,10-11H,7-9H2,1-4H3. The van der Waals surface area contributed by atoms with Crippen molar-refractivity contribution in [3.63, 3.8) is 0 Å². The molecule has 1 rings (SSSR count).